The highest BCUT2D eigenvalue weighted by Gasteiger charge is 2.20. The van der Waals surface area contributed by atoms with E-state index < -0.39 is 24.0 Å². The number of carboxylic acids is 1. The molecule has 0 saturated carbocycles. The minimum absolute atomic E-state index is 0.00133. The molecule has 18 nitrogen and oxygen atoms in total. The van der Waals surface area contributed by atoms with Gasteiger partial charge in [0.2, 0.25) is 17.7 Å². The first-order chi connectivity index (χ1) is 31.2. The molecule has 0 fully saturated rings. The summed E-state index contributed by atoms with van der Waals surface area (Å²) in [6.07, 6.45) is 21.9. The summed E-state index contributed by atoms with van der Waals surface area (Å²) in [5, 5.41) is 22.5. The second kappa shape index (κ2) is 50.0. The fourth-order valence-electron chi connectivity index (χ4n) is 5.91. The van der Waals surface area contributed by atoms with Crippen molar-refractivity contribution in [1.82, 2.24) is 10.6 Å². The molecule has 3 amide bonds. The number of hydrogen-bond acceptors (Lipinski definition) is 14. The Balaban J connectivity index is -0.00000103. The van der Waals surface area contributed by atoms with Gasteiger partial charge >= 0.3 is 5.97 Å². The molecule has 3 atom stereocenters. The number of amides is 3. The van der Waals surface area contributed by atoms with Gasteiger partial charge < -0.3 is 57.0 Å². The first-order valence-corrected chi connectivity index (χ1v) is 24.2. The standard InChI is InChI=1S/C24H45NO4.C20H38N2O7.C3H8N2O2/c1-3-5-6-7-8-9-10-11-12-13-14-15-16-18-23(27)25-22(24(28)29)20-19-21(26)17-4-2;1-3-26-11-13-29-16-20(25)22-9-10-27-12-14-28-15-18(24)7-5-4-6-8-19(21)17(2)23;4-2(1-6)3(5)7/h22H,3-20H2,1-2H3,(H,25,27)(H,28,29);19H,3-16,21H2,1-2H3,(H,22,25);2,6H,1,4H2,(H2,5,7)/t;19-;2-/m.00/s1. The summed E-state index contributed by atoms with van der Waals surface area (Å²) in [5.74, 6) is -2.04. The summed E-state index contributed by atoms with van der Waals surface area (Å²) in [6.45, 7) is 10.2. The third kappa shape index (κ3) is 51.5. The Morgan fingerprint density at radius 2 is 1.06 bits per heavy atom. The van der Waals surface area contributed by atoms with Crippen molar-refractivity contribution in [2.45, 2.75) is 193 Å². The van der Waals surface area contributed by atoms with Gasteiger partial charge in [0, 0.05) is 38.8 Å². The molecule has 0 aromatic carbocycles. The average molecular weight is 934 g/mol. The minimum Gasteiger partial charge on any atom is -0.480 e. The maximum Gasteiger partial charge on any atom is 0.326 e. The molecular weight excluding hydrogens is 843 g/mol. The van der Waals surface area contributed by atoms with Crippen LogP contribution in [0.3, 0.4) is 0 Å². The van der Waals surface area contributed by atoms with Crippen LogP contribution in [0.2, 0.25) is 0 Å². The Bertz CT molecular complexity index is 1210. The first kappa shape index (κ1) is 65.9. The highest BCUT2D eigenvalue weighted by Crippen LogP contribution is 2.13. The predicted molar refractivity (Wildman–Crippen MR) is 252 cm³/mol. The molecule has 0 aliphatic rings. The number of aliphatic hydroxyl groups is 1. The Morgan fingerprint density at radius 3 is 1.57 bits per heavy atom. The molecule has 0 bridgehead atoms. The van der Waals surface area contributed by atoms with Crippen molar-refractivity contribution in [2.24, 2.45) is 17.2 Å². The quantitative estimate of drug-likeness (QED) is 0.0411. The number of nitrogens with one attached hydrogen (secondary N) is 2. The SMILES string of the molecule is CCCCCCCCCCCCCCCC(=O)NC(CCC(=O)CCC)C(=O)O.CCOCCOCC(=O)NCCOCCOCC(=O)CCCCC[C@H](N)C(C)=O.NC(=O)[C@@H](N)CO. The number of ketones is 3. The number of nitrogens with two attached hydrogens (primary N) is 3. The summed E-state index contributed by atoms with van der Waals surface area (Å²) in [5.41, 5.74) is 15.2. The lowest BCUT2D eigenvalue weighted by Gasteiger charge is -2.14. The van der Waals surface area contributed by atoms with Gasteiger partial charge in [-0.1, -0.05) is 104 Å². The fourth-order valence-corrected chi connectivity index (χ4v) is 5.91. The zero-order valence-electron chi connectivity index (χ0n) is 40.7. The summed E-state index contributed by atoms with van der Waals surface area (Å²) >= 11 is 0. The molecule has 10 N–H and O–H groups in total. The Kier molecular flexibility index (Phi) is 50.7. The lowest BCUT2D eigenvalue weighted by atomic mass is 10.0. The van der Waals surface area contributed by atoms with Crippen molar-refractivity contribution < 1.29 is 62.7 Å². The first-order valence-electron chi connectivity index (χ1n) is 24.2. The summed E-state index contributed by atoms with van der Waals surface area (Å²) < 4.78 is 20.8. The number of unbranched alkanes of at least 4 members (excludes halogenated alkanes) is 14. The normalized spacial score (nSPS) is 12.1. The van der Waals surface area contributed by atoms with Gasteiger partial charge in [-0.25, -0.2) is 4.79 Å². The summed E-state index contributed by atoms with van der Waals surface area (Å²) in [4.78, 5) is 78.8. The Morgan fingerprint density at radius 1 is 0.538 bits per heavy atom. The van der Waals surface area contributed by atoms with Gasteiger partial charge in [-0.15, -0.1) is 0 Å². The number of carboxylic acid groups (broad SMARTS) is 1. The van der Waals surface area contributed by atoms with Crippen LogP contribution in [0.25, 0.3) is 0 Å². The molecule has 0 aliphatic heterocycles. The number of hydrogen-bond donors (Lipinski definition) is 7. The van der Waals surface area contributed by atoms with Crippen molar-refractivity contribution >= 4 is 41.0 Å². The highest BCUT2D eigenvalue weighted by molar-refractivity contribution is 5.85. The number of carbonyl (C=O) groups is 7. The minimum atomic E-state index is -1.06. The van der Waals surface area contributed by atoms with E-state index in [1.165, 1.54) is 71.1 Å². The zero-order chi connectivity index (χ0) is 49.4. The van der Waals surface area contributed by atoms with Gasteiger partial charge in [-0.3, -0.25) is 28.8 Å². The van der Waals surface area contributed by atoms with E-state index in [9.17, 15) is 38.7 Å². The molecule has 0 heterocycles. The number of aliphatic carboxylic acids is 1. The third-order valence-corrected chi connectivity index (χ3v) is 9.95. The van der Waals surface area contributed by atoms with E-state index in [1.54, 1.807) is 0 Å². The monoisotopic (exact) mass is 934 g/mol. The van der Waals surface area contributed by atoms with Gasteiger partial charge in [0.1, 0.15) is 36.9 Å². The van der Waals surface area contributed by atoms with E-state index >= 15 is 0 Å². The molecule has 0 aliphatic carbocycles. The predicted octanol–water partition coefficient (Wildman–Crippen LogP) is 4.60. The number of ether oxygens (including phenoxy) is 4. The maximum absolute atomic E-state index is 12.0. The molecule has 1 unspecified atom stereocenters. The second-order valence-corrected chi connectivity index (χ2v) is 16.1. The van der Waals surface area contributed by atoms with Crippen molar-refractivity contribution in [2.75, 3.05) is 66.0 Å². The van der Waals surface area contributed by atoms with E-state index in [4.69, 9.17) is 35.5 Å². The topological polar surface area (TPSA) is 299 Å². The van der Waals surface area contributed by atoms with Crippen molar-refractivity contribution in [3.8, 4) is 0 Å². The summed E-state index contributed by atoms with van der Waals surface area (Å²) in [7, 11) is 0. The lowest BCUT2D eigenvalue weighted by Crippen LogP contribution is -2.41. The molecular formula is C47H91N5O13. The largest absolute Gasteiger partial charge is 0.480 e. The number of Topliss-reactive ketones (excluding diaryl/α,β-unsaturated/α-hetero) is 3. The van der Waals surface area contributed by atoms with Crippen LogP contribution >= 0.6 is 0 Å². The van der Waals surface area contributed by atoms with Gasteiger partial charge in [0.25, 0.3) is 0 Å². The zero-order valence-corrected chi connectivity index (χ0v) is 40.7. The van der Waals surface area contributed by atoms with Crippen LogP contribution in [-0.4, -0.2) is 135 Å². The van der Waals surface area contributed by atoms with Crippen LogP contribution in [0.5, 0.6) is 0 Å². The molecule has 0 spiro atoms. The Hall–Kier alpha value is -3.39. The van der Waals surface area contributed by atoms with E-state index in [0.717, 1.165) is 44.9 Å². The number of carbonyl (C=O) groups excluding carboxylic acids is 6. The Labute approximate surface area is 390 Å². The second-order valence-electron chi connectivity index (χ2n) is 16.1. The molecule has 0 radical (unpaired) electrons. The molecule has 65 heavy (non-hydrogen) atoms. The van der Waals surface area contributed by atoms with Crippen molar-refractivity contribution in [3.63, 3.8) is 0 Å². The van der Waals surface area contributed by atoms with Crippen molar-refractivity contribution in [1.29, 1.82) is 0 Å². The fraction of sp³-hybridized carbons (Fsp3) is 0.851. The highest BCUT2D eigenvalue weighted by atomic mass is 16.5. The number of aliphatic hydroxyl groups excluding tert-OH is 1. The average Bonchev–Trinajstić information content (AvgIpc) is 3.27. The van der Waals surface area contributed by atoms with Crippen LogP contribution in [0.15, 0.2) is 0 Å². The van der Waals surface area contributed by atoms with Gasteiger partial charge in [-0.2, -0.15) is 0 Å². The van der Waals surface area contributed by atoms with Crippen LogP contribution in [0.1, 0.15) is 175 Å². The van der Waals surface area contributed by atoms with Crippen LogP contribution in [0.4, 0.5) is 0 Å². The van der Waals surface area contributed by atoms with Crippen LogP contribution in [-0.2, 0) is 52.5 Å². The molecule has 0 aromatic heterocycles. The lowest BCUT2D eigenvalue weighted by molar-refractivity contribution is -0.142. The van der Waals surface area contributed by atoms with Gasteiger partial charge in [0.15, 0.2) is 5.78 Å². The molecule has 0 saturated heterocycles. The molecule has 0 aromatic rings. The smallest absolute Gasteiger partial charge is 0.326 e. The molecule has 382 valence electrons. The van der Waals surface area contributed by atoms with E-state index in [1.807, 2.05) is 13.8 Å². The molecule has 18 heteroatoms. The van der Waals surface area contributed by atoms with Gasteiger partial charge in [-0.05, 0) is 46.0 Å². The summed E-state index contributed by atoms with van der Waals surface area (Å²) in [6, 6.07) is -2.24. The van der Waals surface area contributed by atoms with E-state index in [2.05, 4.69) is 23.3 Å². The molecule has 0 rings (SSSR count). The number of primary amides is 1. The van der Waals surface area contributed by atoms with E-state index in [-0.39, 0.29) is 67.9 Å². The van der Waals surface area contributed by atoms with Gasteiger partial charge in [0.05, 0.1) is 45.7 Å². The maximum atomic E-state index is 12.0. The van der Waals surface area contributed by atoms with E-state index in [0.29, 0.717) is 71.9 Å². The van der Waals surface area contributed by atoms with Crippen LogP contribution < -0.4 is 27.8 Å². The number of rotatable bonds is 44. The third-order valence-electron chi connectivity index (χ3n) is 9.95. The van der Waals surface area contributed by atoms with Crippen molar-refractivity contribution in [3.05, 3.63) is 0 Å². The van der Waals surface area contributed by atoms with Crippen LogP contribution in [0, 0.1) is 0 Å².